The van der Waals surface area contributed by atoms with E-state index in [-0.39, 0.29) is 0 Å². The lowest BCUT2D eigenvalue weighted by Crippen LogP contribution is -2.12. The van der Waals surface area contributed by atoms with Gasteiger partial charge in [0, 0.05) is 19.3 Å². The van der Waals surface area contributed by atoms with Gasteiger partial charge in [-0.3, -0.25) is 4.79 Å². The largest absolute Gasteiger partial charge is 0.378 e. The molecule has 0 unspecified atom stereocenters. The minimum Gasteiger partial charge on any atom is -0.378 e. The Kier molecular flexibility index (Phi) is 3.31. The number of aldehydes is 1. The van der Waals surface area contributed by atoms with Gasteiger partial charge in [0.25, 0.3) is 0 Å². The maximum absolute atomic E-state index is 11.1. The van der Waals surface area contributed by atoms with Gasteiger partial charge in [-0.1, -0.05) is 29.5 Å². The number of fused-ring (bicyclic) bond motifs is 1. The molecule has 0 atom stereocenters. The number of rotatable bonds is 4. The molecule has 0 N–H and O–H groups in total. The number of nitrogens with zero attached hydrogens (tertiary/aromatic N) is 2. The van der Waals surface area contributed by atoms with Gasteiger partial charge in [0.2, 0.25) is 0 Å². The first kappa shape index (κ1) is 12.3. The molecule has 3 rings (SSSR count). The van der Waals surface area contributed by atoms with Crippen LogP contribution < -0.4 is 4.90 Å². The van der Waals surface area contributed by atoms with E-state index >= 15 is 0 Å². The van der Waals surface area contributed by atoms with Gasteiger partial charge in [-0.25, -0.2) is 4.98 Å². The average molecular weight is 274 g/mol. The normalized spacial score (nSPS) is 13.6. The fraction of sp³-hybridized carbons (Fsp3) is 0.286. The summed E-state index contributed by atoms with van der Waals surface area (Å²) in [5, 5.41) is 0.874. The highest BCUT2D eigenvalue weighted by atomic mass is 32.1. The van der Waals surface area contributed by atoms with Gasteiger partial charge in [0.05, 0.1) is 17.2 Å². The first-order chi connectivity index (χ1) is 9.33. The Morgan fingerprint density at radius 1 is 1.47 bits per heavy atom. The third-order valence-electron chi connectivity index (χ3n) is 3.22. The summed E-state index contributed by atoms with van der Waals surface area (Å²) >= 11 is 1.43. The SMILES string of the molecule is COCc1nc(N2CCc3ccccc32)sc1C=O. The summed E-state index contributed by atoms with van der Waals surface area (Å²) in [7, 11) is 1.61. The van der Waals surface area contributed by atoms with Crippen LogP contribution in [0.15, 0.2) is 24.3 Å². The van der Waals surface area contributed by atoms with Gasteiger partial charge < -0.3 is 9.64 Å². The molecule has 0 amide bonds. The highest BCUT2D eigenvalue weighted by Crippen LogP contribution is 2.37. The second kappa shape index (κ2) is 5.11. The van der Waals surface area contributed by atoms with Crippen LogP contribution >= 0.6 is 11.3 Å². The second-order valence-corrected chi connectivity index (χ2v) is 5.40. The van der Waals surface area contributed by atoms with Crippen molar-refractivity contribution < 1.29 is 9.53 Å². The molecule has 98 valence electrons. The van der Waals surface area contributed by atoms with E-state index in [0.717, 1.165) is 30.1 Å². The summed E-state index contributed by atoms with van der Waals surface area (Å²) < 4.78 is 5.08. The van der Waals surface area contributed by atoms with Gasteiger partial charge in [-0.2, -0.15) is 0 Å². The van der Waals surface area contributed by atoms with E-state index in [9.17, 15) is 4.79 Å². The monoisotopic (exact) mass is 274 g/mol. The Balaban J connectivity index is 1.98. The lowest BCUT2D eigenvalue weighted by molar-refractivity contribution is 0.112. The van der Waals surface area contributed by atoms with Crippen molar-refractivity contribution in [3.05, 3.63) is 40.4 Å². The first-order valence-corrected chi connectivity index (χ1v) is 6.94. The summed E-state index contributed by atoms with van der Waals surface area (Å²) in [6.45, 7) is 1.29. The fourth-order valence-electron chi connectivity index (χ4n) is 2.34. The van der Waals surface area contributed by atoms with Gasteiger partial charge >= 0.3 is 0 Å². The summed E-state index contributed by atoms with van der Waals surface area (Å²) in [4.78, 5) is 18.4. The lowest BCUT2D eigenvalue weighted by atomic mass is 10.2. The third kappa shape index (κ3) is 2.15. The van der Waals surface area contributed by atoms with Crippen molar-refractivity contribution in [1.82, 2.24) is 4.98 Å². The number of anilines is 2. The predicted molar refractivity (Wildman–Crippen MR) is 75.4 cm³/mol. The third-order valence-corrected chi connectivity index (χ3v) is 4.27. The lowest BCUT2D eigenvalue weighted by Gasteiger charge is -2.15. The van der Waals surface area contributed by atoms with Crippen molar-refractivity contribution in [3.63, 3.8) is 0 Å². The summed E-state index contributed by atoms with van der Waals surface area (Å²) in [6.07, 6.45) is 1.88. The highest BCUT2D eigenvalue weighted by Gasteiger charge is 2.23. The van der Waals surface area contributed by atoms with Crippen LogP contribution in [0.4, 0.5) is 10.8 Å². The van der Waals surface area contributed by atoms with Crippen molar-refractivity contribution in [2.45, 2.75) is 13.0 Å². The number of ether oxygens (including phenoxy) is 1. The molecule has 1 aromatic carbocycles. The molecule has 0 saturated heterocycles. The van der Waals surface area contributed by atoms with Crippen molar-refractivity contribution in [2.24, 2.45) is 0 Å². The van der Waals surface area contributed by atoms with E-state index in [1.807, 2.05) is 6.07 Å². The molecule has 0 aliphatic carbocycles. The Morgan fingerprint density at radius 2 is 2.32 bits per heavy atom. The Bertz CT molecular complexity index is 609. The van der Waals surface area contributed by atoms with Gasteiger partial charge in [-0.05, 0) is 18.1 Å². The average Bonchev–Trinajstić information content (AvgIpc) is 3.02. The van der Waals surface area contributed by atoms with Crippen molar-refractivity contribution in [1.29, 1.82) is 0 Å². The van der Waals surface area contributed by atoms with E-state index in [1.54, 1.807) is 7.11 Å². The minimum atomic E-state index is 0.375. The quantitative estimate of drug-likeness (QED) is 0.804. The standard InChI is InChI=1S/C14H14N2O2S/c1-18-9-11-13(8-17)19-14(15-11)16-7-6-10-4-2-3-5-12(10)16/h2-5,8H,6-7,9H2,1H3. The molecule has 19 heavy (non-hydrogen) atoms. The summed E-state index contributed by atoms with van der Waals surface area (Å²) in [6, 6.07) is 8.32. The van der Waals surface area contributed by atoms with Crippen LogP contribution in [0.2, 0.25) is 0 Å². The molecule has 1 aromatic heterocycles. The van der Waals surface area contributed by atoms with Gasteiger partial charge in [0.15, 0.2) is 11.4 Å². The number of carbonyl (C=O) groups excluding carboxylic acids is 1. The molecule has 2 aromatic rings. The number of aromatic nitrogens is 1. The first-order valence-electron chi connectivity index (χ1n) is 6.12. The molecule has 4 nitrogen and oxygen atoms in total. The van der Waals surface area contributed by atoms with E-state index in [4.69, 9.17) is 4.74 Å². The molecular formula is C14H14N2O2S. The molecule has 0 bridgehead atoms. The van der Waals surface area contributed by atoms with E-state index in [1.165, 1.54) is 22.6 Å². The number of benzene rings is 1. The molecule has 1 aliphatic heterocycles. The van der Waals surface area contributed by atoms with Crippen molar-refractivity contribution in [3.8, 4) is 0 Å². The Labute approximate surface area is 115 Å². The van der Waals surface area contributed by atoms with E-state index in [2.05, 4.69) is 28.1 Å². The zero-order valence-electron chi connectivity index (χ0n) is 10.6. The molecule has 0 saturated carbocycles. The maximum atomic E-state index is 11.1. The molecular weight excluding hydrogens is 260 g/mol. The van der Waals surface area contributed by atoms with Crippen LogP contribution in [0.1, 0.15) is 20.9 Å². The fourth-order valence-corrected chi connectivity index (χ4v) is 3.26. The zero-order valence-corrected chi connectivity index (χ0v) is 11.4. The van der Waals surface area contributed by atoms with Crippen molar-refractivity contribution in [2.75, 3.05) is 18.6 Å². The molecule has 1 aliphatic rings. The minimum absolute atomic E-state index is 0.375. The Hall–Kier alpha value is -1.72. The van der Waals surface area contributed by atoms with Crippen LogP contribution in [0.25, 0.3) is 0 Å². The highest BCUT2D eigenvalue weighted by molar-refractivity contribution is 7.17. The smallest absolute Gasteiger partial charge is 0.190 e. The predicted octanol–water partition coefficient (Wildman–Crippen LogP) is 2.80. The van der Waals surface area contributed by atoms with Crippen LogP contribution in [0.3, 0.4) is 0 Å². The van der Waals surface area contributed by atoms with Crippen LogP contribution in [0, 0.1) is 0 Å². The van der Waals surface area contributed by atoms with Gasteiger partial charge in [0.1, 0.15) is 0 Å². The van der Waals surface area contributed by atoms with Crippen LogP contribution in [-0.2, 0) is 17.8 Å². The molecule has 2 heterocycles. The number of carbonyl (C=O) groups is 1. The molecule has 5 heteroatoms. The molecule has 0 spiro atoms. The zero-order chi connectivity index (χ0) is 13.2. The Morgan fingerprint density at radius 3 is 3.11 bits per heavy atom. The number of para-hydroxylation sites is 1. The topological polar surface area (TPSA) is 42.4 Å². The number of hydrogen-bond acceptors (Lipinski definition) is 5. The number of methoxy groups -OCH3 is 1. The second-order valence-electron chi connectivity index (χ2n) is 4.39. The summed E-state index contributed by atoms with van der Waals surface area (Å²) in [5.74, 6) is 0. The van der Waals surface area contributed by atoms with E-state index in [0.29, 0.717) is 11.5 Å². The van der Waals surface area contributed by atoms with Gasteiger partial charge in [-0.15, -0.1) is 0 Å². The number of hydrogen-bond donors (Lipinski definition) is 0. The molecule has 0 fully saturated rings. The van der Waals surface area contributed by atoms with Crippen LogP contribution in [-0.4, -0.2) is 24.9 Å². The maximum Gasteiger partial charge on any atom is 0.190 e. The summed E-state index contributed by atoms with van der Waals surface area (Å²) in [5.41, 5.74) is 3.25. The number of thiazole rings is 1. The van der Waals surface area contributed by atoms with E-state index < -0.39 is 0 Å². The van der Waals surface area contributed by atoms with Crippen molar-refractivity contribution >= 4 is 28.4 Å². The molecule has 0 radical (unpaired) electrons. The van der Waals surface area contributed by atoms with Crippen LogP contribution in [0.5, 0.6) is 0 Å².